The summed E-state index contributed by atoms with van der Waals surface area (Å²) >= 11 is 11.9. The van der Waals surface area contributed by atoms with Crippen LogP contribution in [0.2, 0.25) is 10.0 Å². The van der Waals surface area contributed by atoms with Gasteiger partial charge in [-0.3, -0.25) is 4.79 Å². The molecule has 1 amide bonds. The van der Waals surface area contributed by atoms with Crippen molar-refractivity contribution in [3.63, 3.8) is 0 Å². The number of benzene rings is 2. The molecule has 2 unspecified atom stereocenters. The van der Waals surface area contributed by atoms with Crippen molar-refractivity contribution in [3.8, 4) is 0 Å². The second-order valence-electron chi connectivity index (χ2n) is 6.32. The van der Waals surface area contributed by atoms with E-state index < -0.39 is 0 Å². The van der Waals surface area contributed by atoms with Gasteiger partial charge in [0.05, 0.1) is 12.2 Å². The minimum Gasteiger partial charge on any atom is -0.372 e. The van der Waals surface area contributed by atoms with Crippen LogP contribution in [0.3, 0.4) is 0 Å². The van der Waals surface area contributed by atoms with Crippen molar-refractivity contribution < 1.29 is 9.53 Å². The van der Waals surface area contributed by atoms with Gasteiger partial charge in [0.1, 0.15) is 0 Å². The van der Waals surface area contributed by atoms with Crippen LogP contribution in [0.1, 0.15) is 24.2 Å². The molecule has 1 fully saturated rings. The van der Waals surface area contributed by atoms with Crippen LogP contribution in [-0.2, 0) is 4.74 Å². The fraction of sp³-hybridized carbons (Fsp3) is 0.316. The molecule has 0 aliphatic carbocycles. The second-order valence-corrected chi connectivity index (χ2v) is 7.19. The number of halogens is 2. The summed E-state index contributed by atoms with van der Waals surface area (Å²) in [5.74, 6) is -0.245. The lowest BCUT2D eigenvalue weighted by molar-refractivity contribution is -0.00521. The van der Waals surface area contributed by atoms with Crippen molar-refractivity contribution >= 4 is 40.5 Å². The van der Waals surface area contributed by atoms with Gasteiger partial charge < -0.3 is 15.0 Å². The number of nitrogens with zero attached hydrogens (tertiary/aromatic N) is 1. The van der Waals surface area contributed by atoms with E-state index in [4.69, 9.17) is 27.9 Å². The second kappa shape index (κ2) is 7.65. The quantitative estimate of drug-likeness (QED) is 0.828. The largest absolute Gasteiger partial charge is 0.372 e. The number of rotatable bonds is 3. The Morgan fingerprint density at radius 2 is 1.60 bits per heavy atom. The summed E-state index contributed by atoms with van der Waals surface area (Å²) in [7, 11) is 0. The lowest BCUT2D eigenvalue weighted by Crippen LogP contribution is -2.45. The van der Waals surface area contributed by atoms with E-state index in [1.54, 1.807) is 18.2 Å². The average molecular weight is 379 g/mol. The highest BCUT2D eigenvalue weighted by Gasteiger charge is 2.22. The molecule has 2 aromatic carbocycles. The zero-order chi connectivity index (χ0) is 18.0. The summed E-state index contributed by atoms with van der Waals surface area (Å²) < 4.78 is 5.76. The van der Waals surface area contributed by atoms with Crippen LogP contribution in [0.5, 0.6) is 0 Å². The molecule has 0 saturated carbocycles. The van der Waals surface area contributed by atoms with E-state index in [0.717, 1.165) is 24.5 Å². The molecule has 3 rings (SSSR count). The Hall–Kier alpha value is -1.75. The number of carbonyl (C=O) groups excluding carboxylic acids is 1. The monoisotopic (exact) mass is 378 g/mol. The van der Waals surface area contributed by atoms with Crippen LogP contribution in [0.4, 0.5) is 11.4 Å². The van der Waals surface area contributed by atoms with E-state index in [1.165, 1.54) is 0 Å². The summed E-state index contributed by atoms with van der Waals surface area (Å²) in [6.07, 6.45) is 0.409. The summed E-state index contributed by atoms with van der Waals surface area (Å²) in [4.78, 5) is 14.6. The topological polar surface area (TPSA) is 41.6 Å². The maximum Gasteiger partial charge on any atom is 0.255 e. The number of morpholine rings is 1. The van der Waals surface area contributed by atoms with Crippen molar-refractivity contribution in [2.45, 2.75) is 26.1 Å². The van der Waals surface area contributed by atoms with E-state index >= 15 is 0 Å². The Morgan fingerprint density at radius 3 is 2.16 bits per heavy atom. The first-order valence-electron chi connectivity index (χ1n) is 8.18. The number of amides is 1. The molecule has 132 valence electrons. The highest BCUT2D eigenvalue weighted by Crippen LogP contribution is 2.23. The minimum atomic E-state index is -0.245. The standard InChI is InChI=1S/C19H20Cl2N2O2/c1-12-10-23(11-13(2)25-12)18-5-3-17(4-6-18)22-19(24)14-7-15(20)9-16(21)8-14/h3-9,12-13H,10-11H2,1-2H3,(H,22,24). The molecule has 25 heavy (non-hydrogen) atoms. The number of hydrogen-bond acceptors (Lipinski definition) is 3. The van der Waals surface area contributed by atoms with Crippen molar-refractivity contribution in [1.82, 2.24) is 0 Å². The summed E-state index contributed by atoms with van der Waals surface area (Å²) in [6, 6.07) is 12.6. The van der Waals surface area contributed by atoms with Crippen LogP contribution in [-0.4, -0.2) is 31.2 Å². The fourth-order valence-electron chi connectivity index (χ4n) is 3.03. The van der Waals surface area contributed by atoms with Crippen molar-refractivity contribution in [2.75, 3.05) is 23.3 Å². The maximum absolute atomic E-state index is 12.3. The molecule has 1 aliphatic heterocycles. The molecule has 6 heteroatoms. The Kier molecular flexibility index (Phi) is 5.52. The van der Waals surface area contributed by atoms with Gasteiger partial charge in [0.15, 0.2) is 0 Å². The molecule has 0 bridgehead atoms. The van der Waals surface area contributed by atoms with Crippen molar-refractivity contribution in [3.05, 3.63) is 58.1 Å². The van der Waals surface area contributed by atoms with Crippen LogP contribution >= 0.6 is 23.2 Å². The van der Waals surface area contributed by atoms with Gasteiger partial charge in [-0.2, -0.15) is 0 Å². The van der Waals surface area contributed by atoms with Gasteiger partial charge in [0, 0.05) is 40.1 Å². The van der Waals surface area contributed by atoms with Gasteiger partial charge in [-0.25, -0.2) is 0 Å². The van der Waals surface area contributed by atoms with Crippen LogP contribution < -0.4 is 10.2 Å². The van der Waals surface area contributed by atoms with E-state index in [-0.39, 0.29) is 18.1 Å². The first-order valence-corrected chi connectivity index (χ1v) is 8.94. The molecule has 1 aliphatic rings. The van der Waals surface area contributed by atoms with Gasteiger partial charge in [-0.05, 0) is 56.3 Å². The first-order chi connectivity index (χ1) is 11.9. The van der Waals surface area contributed by atoms with E-state index in [2.05, 4.69) is 24.1 Å². The third-order valence-electron chi connectivity index (χ3n) is 4.03. The Bertz CT molecular complexity index is 734. The molecule has 0 aromatic heterocycles. The predicted molar refractivity (Wildman–Crippen MR) is 103 cm³/mol. The van der Waals surface area contributed by atoms with Crippen LogP contribution in [0.25, 0.3) is 0 Å². The normalized spacial score (nSPS) is 20.4. The van der Waals surface area contributed by atoms with E-state index in [0.29, 0.717) is 15.6 Å². The minimum absolute atomic E-state index is 0.204. The van der Waals surface area contributed by atoms with Crippen molar-refractivity contribution in [2.24, 2.45) is 0 Å². The van der Waals surface area contributed by atoms with E-state index in [1.807, 2.05) is 24.3 Å². The maximum atomic E-state index is 12.3. The lowest BCUT2D eigenvalue weighted by Gasteiger charge is -2.36. The molecule has 1 heterocycles. The molecule has 1 N–H and O–H groups in total. The third-order valence-corrected chi connectivity index (χ3v) is 4.47. The lowest BCUT2D eigenvalue weighted by atomic mass is 10.1. The van der Waals surface area contributed by atoms with Crippen LogP contribution in [0.15, 0.2) is 42.5 Å². The Labute approximate surface area is 157 Å². The van der Waals surface area contributed by atoms with Crippen LogP contribution in [0, 0.1) is 0 Å². The zero-order valence-electron chi connectivity index (χ0n) is 14.1. The van der Waals surface area contributed by atoms with Gasteiger partial charge in [-0.15, -0.1) is 0 Å². The molecule has 0 radical (unpaired) electrons. The highest BCUT2D eigenvalue weighted by molar-refractivity contribution is 6.35. The number of nitrogens with one attached hydrogen (secondary N) is 1. The Morgan fingerprint density at radius 1 is 1.04 bits per heavy atom. The number of carbonyl (C=O) groups is 1. The smallest absolute Gasteiger partial charge is 0.255 e. The van der Waals surface area contributed by atoms with E-state index in [9.17, 15) is 4.79 Å². The molecule has 0 spiro atoms. The van der Waals surface area contributed by atoms with Gasteiger partial charge in [0.2, 0.25) is 0 Å². The van der Waals surface area contributed by atoms with Gasteiger partial charge >= 0.3 is 0 Å². The van der Waals surface area contributed by atoms with Gasteiger partial charge in [0.25, 0.3) is 5.91 Å². The number of anilines is 2. The molecule has 4 nitrogen and oxygen atoms in total. The predicted octanol–water partition coefficient (Wildman–Crippen LogP) is 4.86. The molecule has 2 atom stereocenters. The molecule has 1 saturated heterocycles. The number of ether oxygens (including phenoxy) is 1. The zero-order valence-corrected chi connectivity index (χ0v) is 15.6. The number of hydrogen-bond donors (Lipinski definition) is 1. The highest BCUT2D eigenvalue weighted by atomic mass is 35.5. The third kappa shape index (κ3) is 4.66. The Balaban J connectivity index is 1.69. The van der Waals surface area contributed by atoms with Gasteiger partial charge in [-0.1, -0.05) is 23.2 Å². The average Bonchev–Trinajstić information content (AvgIpc) is 2.53. The SMILES string of the molecule is CC1CN(c2ccc(NC(=O)c3cc(Cl)cc(Cl)c3)cc2)CC(C)O1. The summed E-state index contributed by atoms with van der Waals surface area (Å²) in [5, 5.41) is 3.73. The summed E-state index contributed by atoms with van der Waals surface area (Å²) in [5.41, 5.74) is 2.27. The summed E-state index contributed by atoms with van der Waals surface area (Å²) in [6.45, 7) is 5.87. The molecule has 2 aromatic rings. The molecular weight excluding hydrogens is 359 g/mol. The van der Waals surface area contributed by atoms with Crippen molar-refractivity contribution in [1.29, 1.82) is 0 Å². The first kappa shape index (κ1) is 18.1. The fourth-order valence-corrected chi connectivity index (χ4v) is 3.56. The molecular formula is C19H20Cl2N2O2.